The van der Waals surface area contributed by atoms with Crippen LogP contribution in [0.25, 0.3) is 0 Å². The lowest BCUT2D eigenvalue weighted by atomic mass is 10.0. The highest BCUT2D eigenvalue weighted by Crippen LogP contribution is 2.17. The molecule has 3 heterocycles. The van der Waals surface area contributed by atoms with Gasteiger partial charge in [0.15, 0.2) is 0 Å². The lowest BCUT2D eigenvalue weighted by Crippen LogP contribution is -2.49. The van der Waals surface area contributed by atoms with Crippen LogP contribution in [0.2, 0.25) is 0 Å². The Morgan fingerprint density at radius 1 is 1.22 bits per heavy atom. The van der Waals surface area contributed by atoms with Crippen LogP contribution in [0.5, 0.6) is 0 Å². The summed E-state index contributed by atoms with van der Waals surface area (Å²) in [5.41, 5.74) is 0. The van der Waals surface area contributed by atoms with E-state index >= 15 is 0 Å². The Hall–Kier alpha value is -1.04. The third-order valence-electron chi connectivity index (χ3n) is 4.53. The van der Waals surface area contributed by atoms with Crippen molar-refractivity contribution < 1.29 is 4.79 Å². The smallest absolute Gasteiger partial charge is 0.222 e. The van der Waals surface area contributed by atoms with Crippen LogP contribution in [-0.2, 0) is 4.79 Å². The molecule has 2 aliphatic heterocycles. The molecule has 3 rings (SSSR count). The molecule has 0 aromatic carbocycles. The van der Waals surface area contributed by atoms with Crippen LogP contribution in [-0.4, -0.2) is 55.1 Å². The Balaban J connectivity index is 0.00000132. The minimum atomic E-state index is 0. The van der Waals surface area contributed by atoms with E-state index < -0.39 is 0 Å². The molecule has 23 heavy (non-hydrogen) atoms. The first-order valence-corrected chi connectivity index (χ1v) is 7.97. The molecule has 1 aromatic rings. The van der Waals surface area contributed by atoms with Crippen molar-refractivity contribution in [3.05, 3.63) is 24.4 Å². The van der Waals surface area contributed by atoms with Gasteiger partial charge in [0.2, 0.25) is 5.91 Å². The number of nitrogens with zero attached hydrogens (tertiary/aromatic N) is 3. The summed E-state index contributed by atoms with van der Waals surface area (Å²) in [6, 6.07) is 5.97. The molecule has 0 radical (unpaired) electrons. The number of pyridine rings is 1. The molecule has 7 heteroatoms. The zero-order valence-corrected chi connectivity index (χ0v) is 15.0. The number of hydrogen-bond acceptors (Lipinski definition) is 4. The molecule has 0 bridgehead atoms. The van der Waals surface area contributed by atoms with Crippen molar-refractivity contribution in [3.8, 4) is 0 Å². The van der Waals surface area contributed by atoms with Gasteiger partial charge in [0.1, 0.15) is 5.82 Å². The number of amides is 1. The van der Waals surface area contributed by atoms with Crippen molar-refractivity contribution in [1.82, 2.24) is 15.2 Å². The van der Waals surface area contributed by atoms with Crippen LogP contribution in [0.4, 0.5) is 5.82 Å². The average molecular weight is 361 g/mol. The highest BCUT2D eigenvalue weighted by Gasteiger charge is 2.23. The summed E-state index contributed by atoms with van der Waals surface area (Å²) < 4.78 is 0. The van der Waals surface area contributed by atoms with E-state index in [1.54, 1.807) is 0 Å². The molecular formula is C16H26Cl2N4O. The summed E-state index contributed by atoms with van der Waals surface area (Å²) in [7, 11) is 0. The molecular weight excluding hydrogens is 335 g/mol. The molecule has 1 unspecified atom stereocenters. The van der Waals surface area contributed by atoms with Gasteiger partial charge in [0.25, 0.3) is 0 Å². The Labute approximate surface area is 150 Å². The minimum absolute atomic E-state index is 0. The standard InChI is InChI=1S/C16H24N4O.2ClH/c21-16(5-4-14-6-8-17-13-14)20-11-9-19(10-12-20)15-3-1-2-7-18-15;;/h1-3,7,14,17H,4-6,8-13H2;2*1H. The molecule has 5 nitrogen and oxygen atoms in total. The quantitative estimate of drug-likeness (QED) is 0.891. The van der Waals surface area contributed by atoms with Gasteiger partial charge >= 0.3 is 0 Å². The molecule has 1 atom stereocenters. The monoisotopic (exact) mass is 360 g/mol. The second-order valence-electron chi connectivity index (χ2n) is 5.95. The minimum Gasteiger partial charge on any atom is -0.353 e. The maximum Gasteiger partial charge on any atom is 0.222 e. The Bertz CT molecular complexity index is 460. The maximum absolute atomic E-state index is 12.3. The van der Waals surface area contributed by atoms with Crippen molar-refractivity contribution in [2.75, 3.05) is 44.2 Å². The third kappa shape index (κ3) is 5.52. The third-order valence-corrected chi connectivity index (χ3v) is 4.53. The summed E-state index contributed by atoms with van der Waals surface area (Å²) in [4.78, 5) is 20.9. The number of carbonyl (C=O) groups is 1. The Morgan fingerprint density at radius 3 is 2.61 bits per heavy atom. The van der Waals surface area contributed by atoms with Gasteiger partial charge < -0.3 is 15.1 Å². The van der Waals surface area contributed by atoms with Gasteiger partial charge in [0, 0.05) is 38.8 Å². The van der Waals surface area contributed by atoms with Gasteiger partial charge in [-0.3, -0.25) is 4.79 Å². The average Bonchev–Trinajstić information content (AvgIpc) is 3.07. The number of hydrogen-bond donors (Lipinski definition) is 1. The van der Waals surface area contributed by atoms with E-state index in [0.29, 0.717) is 18.2 Å². The largest absolute Gasteiger partial charge is 0.353 e. The van der Waals surface area contributed by atoms with Crippen LogP contribution in [0.15, 0.2) is 24.4 Å². The molecule has 0 aliphatic carbocycles. The van der Waals surface area contributed by atoms with Crippen LogP contribution < -0.4 is 10.2 Å². The molecule has 1 N–H and O–H groups in total. The number of anilines is 1. The van der Waals surface area contributed by atoms with E-state index in [4.69, 9.17) is 0 Å². The highest BCUT2D eigenvalue weighted by atomic mass is 35.5. The number of carbonyl (C=O) groups excluding carboxylic acids is 1. The van der Waals surface area contributed by atoms with Crippen molar-refractivity contribution in [2.24, 2.45) is 5.92 Å². The predicted octanol–water partition coefficient (Wildman–Crippen LogP) is 1.96. The van der Waals surface area contributed by atoms with Crippen molar-refractivity contribution in [3.63, 3.8) is 0 Å². The fourth-order valence-electron chi connectivity index (χ4n) is 3.17. The highest BCUT2D eigenvalue weighted by molar-refractivity contribution is 5.85. The van der Waals surface area contributed by atoms with E-state index in [-0.39, 0.29) is 24.8 Å². The number of halogens is 2. The summed E-state index contributed by atoms with van der Waals surface area (Å²) >= 11 is 0. The van der Waals surface area contributed by atoms with E-state index in [1.807, 2.05) is 29.3 Å². The summed E-state index contributed by atoms with van der Waals surface area (Å²) in [5, 5.41) is 3.36. The topological polar surface area (TPSA) is 48.5 Å². The van der Waals surface area contributed by atoms with Gasteiger partial charge in [0.05, 0.1) is 0 Å². The lowest BCUT2D eigenvalue weighted by Gasteiger charge is -2.35. The SMILES string of the molecule is Cl.Cl.O=C(CCC1CCNC1)N1CCN(c2ccccn2)CC1. The van der Waals surface area contributed by atoms with E-state index in [9.17, 15) is 4.79 Å². The van der Waals surface area contributed by atoms with Crippen molar-refractivity contribution in [2.45, 2.75) is 19.3 Å². The lowest BCUT2D eigenvalue weighted by molar-refractivity contribution is -0.131. The molecule has 1 aromatic heterocycles. The summed E-state index contributed by atoms with van der Waals surface area (Å²) in [6.45, 7) is 5.60. The number of aromatic nitrogens is 1. The van der Waals surface area contributed by atoms with Crippen LogP contribution in [0, 0.1) is 5.92 Å². The van der Waals surface area contributed by atoms with E-state index in [2.05, 4.69) is 15.2 Å². The van der Waals surface area contributed by atoms with E-state index in [1.165, 1.54) is 6.42 Å². The normalized spacial score (nSPS) is 20.6. The zero-order valence-electron chi connectivity index (χ0n) is 13.3. The molecule has 0 saturated carbocycles. The first-order valence-electron chi connectivity index (χ1n) is 7.97. The molecule has 2 aliphatic rings. The zero-order chi connectivity index (χ0) is 14.5. The first-order chi connectivity index (χ1) is 10.3. The van der Waals surface area contributed by atoms with Gasteiger partial charge in [-0.1, -0.05) is 6.07 Å². The summed E-state index contributed by atoms with van der Waals surface area (Å²) in [6.07, 6.45) is 4.78. The van der Waals surface area contributed by atoms with Crippen LogP contribution in [0.1, 0.15) is 19.3 Å². The van der Waals surface area contributed by atoms with Crippen molar-refractivity contribution >= 4 is 36.5 Å². The maximum atomic E-state index is 12.3. The summed E-state index contributed by atoms with van der Waals surface area (Å²) in [5.74, 6) is 2.04. The Kier molecular flexibility index (Phi) is 8.66. The number of rotatable bonds is 4. The molecule has 130 valence electrons. The molecule has 2 fully saturated rings. The first kappa shape index (κ1) is 20.0. The van der Waals surface area contributed by atoms with Crippen molar-refractivity contribution in [1.29, 1.82) is 0 Å². The fraction of sp³-hybridized carbons (Fsp3) is 0.625. The van der Waals surface area contributed by atoms with Gasteiger partial charge in [-0.15, -0.1) is 24.8 Å². The van der Waals surface area contributed by atoms with Gasteiger partial charge in [-0.2, -0.15) is 0 Å². The second kappa shape index (κ2) is 9.96. The van der Waals surface area contributed by atoms with Gasteiger partial charge in [-0.25, -0.2) is 4.98 Å². The molecule has 0 spiro atoms. The van der Waals surface area contributed by atoms with Crippen LogP contribution >= 0.6 is 24.8 Å². The fourth-order valence-corrected chi connectivity index (χ4v) is 3.17. The molecule has 2 saturated heterocycles. The number of piperazine rings is 1. The molecule has 1 amide bonds. The predicted molar refractivity (Wildman–Crippen MR) is 97.7 cm³/mol. The number of nitrogens with one attached hydrogen (secondary N) is 1. The Morgan fingerprint density at radius 2 is 2.00 bits per heavy atom. The van der Waals surface area contributed by atoms with E-state index in [0.717, 1.165) is 51.5 Å². The van der Waals surface area contributed by atoms with Gasteiger partial charge in [-0.05, 0) is 44.0 Å². The van der Waals surface area contributed by atoms with Crippen LogP contribution in [0.3, 0.4) is 0 Å². The second-order valence-corrected chi connectivity index (χ2v) is 5.95.